The summed E-state index contributed by atoms with van der Waals surface area (Å²) >= 11 is 1.23. The molecule has 2 aromatic rings. The van der Waals surface area contributed by atoms with E-state index in [0.717, 1.165) is 10.3 Å². The Hall–Kier alpha value is -2.01. The summed E-state index contributed by atoms with van der Waals surface area (Å²) in [5.41, 5.74) is 1.06. The lowest BCUT2D eigenvalue weighted by atomic mass is 10.2. The minimum absolute atomic E-state index is 0.0855. The molecule has 0 bridgehead atoms. The summed E-state index contributed by atoms with van der Waals surface area (Å²) < 4.78 is 0.759. The van der Waals surface area contributed by atoms with Gasteiger partial charge in [0, 0.05) is 18.7 Å². The van der Waals surface area contributed by atoms with Gasteiger partial charge in [0.2, 0.25) is 5.91 Å². The van der Waals surface area contributed by atoms with E-state index in [0.29, 0.717) is 11.6 Å². The van der Waals surface area contributed by atoms with Gasteiger partial charge in [-0.15, -0.1) is 0 Å². The maximum absolute atomic E-state index is 11.7. The molecule has 0 unspecified atom stereocenters. The number of nitrogens with one attached hydrogen (secondary N) is 1. The SMILES string of the molecule is O=C(CSc1cccc[n+]1[O-])NCc1ccccc1. The topological polar surface area (TPSA) is 56.0 Å². The van der Waals surface area contributed by atoms with Crippen LogP contribution in [0.5, 0.6) is 0 Å². The highest BCUT2D eigenvalue weighted by Gasteiger charge is 2.08. The third kappa shape index (κ3) is 4.30. The van der Waals surface area contributed by atoms with E-state index in [1.807, 2.05) is 30.3 Å². The summed E-state index contributed by atoms with van der Waals surface area (Å²) in [4.78, 5) is 11.7. The van der Waals surface area contributed by atoms with Crippen molar-refractivity contribution in [3.63, 3.8) is 0 Å². The maximum Gasteiger partial charge on any atom is 0.251 e. The number of rotatable bonds is 5. The second-order valence-corrected chi connectivity index (χ2v) is 4.91. The third-order valence-corrected chi connectivity index (χ3v) is 3.49. The van der Waals surface area contributed by atoms with Crippen LogP contribution >= 0.6 is 11.8 Å². The largest absolute Gasteiger partial charge is 0.618 e. The normalized spacial score (nSPS) is 10.1. The molecule has 0 aliphatic heterocycles. The quantitative estimate of drug-likeness (QED) is 0.513. The van der Waals surface area contributed by atoms with Crippen LogP contribution in [0.25, 0.3) is 0 Å². The van der Waals surface area contributed by atoms with Crippen molar-refractivity contribution in [1.82, 2.24) is 5.32 Å². The standard InChI is InChI=1S/C14H14N2O2S/c17-13(15-10-12-6-2-1-3-7-12)11-19-14-8-4-5-9-16(14)18/h1-9H,10-11H2,(H,15,17). The van der Waals surface area contributed by atoms with Gasteiger partial charge >= 0.3 is 0 Å². The van der Waals surface area contributed by atoms with Gasteiger partial charge in [0.1, 0.15) is 0 Å². The molecule has 0 aliphatic rings. The van der Waals surface area contributed by atoms with Gasteiger partial charge < -0.3 is 10.5 Å². The molecule has 0 radical (unpaired) electrons. The fraction of sp³-hybridized carbons (Fsp3) is 0.143. The zero-order valence-electron chi connectivity index (χ0n) is 10.3. The summed E-state index contributed by atoms with van der Waals surface area (Å²) in [6, 6.07) is 14.8. The van der Waals surface area contributed by atoms with E-state index in [9.17, 15) is 10.0 Å². The number of hydrogen-bond donors (Lipinski definition) is 1. The molecule has 4 nitrogen and oxygen atoms in total. The van der Waals surface area contributed by atoms with Crippen LogP contribution in [0.2, 0.25) is 0 Å². The van der Waals surface area contributed by atoms with Crippen molar-refractivity contribution in [2.45, 2.75) is 11.6 Å². The molecule has 0 spiro atoms. The molecule has 1 N–H and O–H groups in total. The van der Waals surface area contributed by atoms with Gasteiger partial charge in [-0.1, -0.05) is 30.3 Å². The predicted octanol–water partition coefficient (Wildman–Crippen LogP) is 1.73. The molecule has 0 fully saturated rings. The van der Waals surface area contributed by atoms with E-state index in [-0.39, 0.29) is 11.7 Å². The van der Waals surface area contributed by atoms with E-state index in [4.69, 9.17) is 0 Å². The number of hydrogen-bond acceptors (Lipinski definition) is 3. The van der Waals surface area contributed by atoms with Crippen LogP contribution < -0.4 is 10.0 Å². The average Bonchev–Trinajstić information content (AvgIpc) is 2.45. The second kappa shape index (κ2) is 6.80. The van der Waals surface area contributed by atoms with Crippen molar-refractivity contribution in [3.8, 4) is 0 Å². The lowest BCUT2D eigenvalue weighted by Gasteiger charge is -2.05. The van der Waals surface area contributed by atoms with E-state index >= 15 is 0 Å². The summed E-state index contributed by atoms with van der Waals surface area (Å²) in [6.07, 6.45) is 1.42. The number of amides is 1. The fourth-order valence-corrected chi connectivity index (χ4v) is 2.26. The first-order valence-electron chi connectivity index (χ1n) is 5.87. The summed E-state index contributed by atoms with van der Waals surface area (Å²) in [6.45, 7) is 0.506. The molecule has 1 amide bonds. The highest BCUT2D eigenvalue weighted by atomic mass is 32.2. The fourth-order valence-electron chi connectivity index (χ4n) is 1.51. The van der Waals surface area contributed by atoms with Gasteiger partial charge in [-0.25, -0.2) is 0 Å². The number of aromatic nitrogens is 1. The molecule has 98 valence electrons. The Morgan fingerprint density at radius 1 is 1.16 bits per heavy atom. The van der Waals surface area contributed by atoms with Crippen LogP contribution in [-0.2, 0) is 11.3 Å². The molecule has 1 aromatic heterocycles. The lowest BCUT2D eigenvalue weighted by molar-refractivity contribution is -0.645. The summed E-state index contributed by atoms with van der Waals surface area (Å²) in [5.74, 6) is 0.150. The van der Waals surface area contributed by atoms with Gasteiger partial charge in [0.25, 0.3) is 5.03 Å². The van der Waals surface area contributed by atoms with Crippen LogP contribution in [0.1, 0.15) is 5.56 Å². The van der Waals surface area contributed by atoms with Crippen LogP contribution in [0.4, 0.5) is 0 Å². The third-order valence-electron chi connectivity index (χ3n) is 2.47. The van der Waals surface area contributed by atoms with E-state index < -0.39 is 0 Å². The average molecular weight is 274 g/mol. The number of pyridine rings is 1. The van der Waals surface area contributed by atoms with Crippen molar-refractivity contribution >= 4 is 17.7 Å². The highest BCUT2D eigenvalue weighted by Crippen LogP contribution is 2.11. The van der Waals surface area contributed by atoms with Crippen molar-refractivity contribution in [1.29, 1.82) is 0 Å². The number of benzene rings is 1. The van der Waals surface area contributed by atoms with Crippen molar-refractivity contribution in [2.24, 2.45) is 0 Å². The van der Waals surface area contributed by atoms with E-state index in [2.05, 4.69) is 5.32 Å². The Morgan fingerprint density at radius 3 is 2.63 bits per heavy atom. The molecule has 19 heavy (non-hydrogen) atoms. The van der Waals surface area contributed by atoms with Crippen LogP contribution in [-0.4, -0.2) is 11.7 Å². The molecule has 0 saturated heterocycles. The Bertz CT molecular complexity index is 546. The minimum Gasteiger partial charge on any atom is -0.618 e. The zero-order chi connectivity index (χ0) is 13.5. The summed E-state index contributed by atoms with van der Waals surface area (Å²) in [7, 11) is 0. The van der Waals surface area contributed by atoms with Gasteiger partial charge in [-0.2, -0.15) is 4.73 Å². The molecule has 0 aliphatic carbocycles. The molecular weight excluding hydrogens is 260 g/mol. The zero-order valence-corrected chi connectivity index (χ0v) is 11.1. The predicted molar refractivity (Wildman–Crippen MR) is 74.4 cm³/mol. The molecule has 1 aromatic carbocycles. The van der Waals surface area contributed by atoms with Crippen LogP contribution in [0.3, 0.4) is 0 Å². The lowest BCUT2D eigenvalue weighted by Crippen LogP contribution is -2.29. The minimum atomic E-state index is -0.0855. The molecule has 2 rings (SSSR count). The number of thioether (sulfide) groups is 1. The second-order valence-electron chi connectivity index (χ2n) is 3.92. The molecule has 0 saturated carbocycles. The Kier molecular flexibility index (Phi) is 4.80. The van der Waals surface area contributed by atoms with Crippen LogP contribution in [0.15, 0.2) is 59.8 Å². The Morgan fingerprint density at radius 2 is 1.89 bits per heavy atom. The highest BCUT2D eigenvalue weighted by molar-refractivity contribution is 7.99. The smallest absolute Gasteiger partial charge is 0.251 e. The molecule has 5 heteroatoms. The Labute approximate surface area is 116 Å². The van der Waals surface area contributed by atoms with Crippen molar-refractivity contribution < 1.29 is 9.52 Å². The van der Waals surface area contributed by atoms with Gasteiger partial charge in [-0.3, -0.25) is 4.79 Å². The van der Waals surface area contributed by atoms with Crippen LogP contribution in [0, 0.1) is 5.21 Å². The first kappa shape index (κ1) is 13.4. The maximum atomic E-state index is 11.7. The first-order valence-corrected chi connectivity index (χ1v) is 6.86. The van der Waals surface area contributed by atoms with E-state index in [1.54, 1.807) is 18.2 Å². The first-order chi connectivity index (χ1) is 9.25. The Balaban J connectivity index is 1.78. The molecule has 1 heterocycles. The summed E-state index contributed by atoms with van der Waals surface area (Å²) in [5, 5.41) is 14.7. The molecular formula is C14H14N2O2S. The number of carbonyl (C=O) groups is 1. The molecule has 0 atom stereocenters. The number of carbonyl (C=O) groups excluding carboxylic acids is 1. The number of nitrogens with zero attached hydrogens (tertiary/aromatic N) is 1. The van der Waals surface area contributed by atoms with Gasteiger partial charge in [0.05, 0.1) is 5.75 Å². The van der Waals surface area contributed by atoms with Gasteiger partial charge in [-0.05, 0) is 23.4 Å². The van der Waals surface area contributed by atoms with Crippen molar-refractivity contribution in [2.75, 3.05) is 5.75 Å². The van der Waals surface area contributed by atoms with Crippen molar-refractivity contribution in [3.05, 3.63) is 65.5 Å². The monoisotopic (exact) mass is 274 g/mol. The van der Waals surface area contributed by atoms with Gasteiger partial charge in [0.15, 0.2) is 6.20 Å². The van der Waals surface area contributed by atoms with E-state index in [1.165, 1.54) is 18.0 Å².